The number of carbonyl (C=O) groups is 2. The molecule has 1 aliphatic heterocycles. The predicted molar refractivity (Wildman–Crippen MR) is 126 cm³/mol. The Morgan fingerprint density at radius 2 is 1.90 bits per heavy atom. The first-order valence-corrected chi connectivity index (χ1v) is 11.5. The van der Waals surface area contributed by atoms with E-state index in [2.05, 4.69) is 33.5 Å². The van der Waals surface area contributed by atoms with E-state index < -0.39 is 5.25 Å². The van der Waals surface area contributed by atoms with Crippen molar-refractivity contribution in [1.29, 1.82) is 0 Å². The second-order valence-electron chi connectivity index (χ2n) is 7.12. The number of carbonyl (C=O) groups excluding carboxylic acids is 2. The number of aromatic nitrogens is 2. The van der Waals surface area contributed by atoms with E-state index in [1.807, 2.05) is 43.3 Å². The Morgan fingerprint density at radius 1 is 1.13 bits per heavy atom. The molecule has 0 fully saturated rings. The molecule has 2 aromatic heterocycles. The molecule has 1 aliphatic rings. The van der Waals surface area contributed by atoms with Gasteiger partial charge in [-0.3, -0.25) is 14.5 Å². The maximum atomic E-state index is 13.3. The Hall–Kier alpha value is -3.23. The maximum Gasteiger partial charge on any atom is 0.244 e. The number of amides is 2. The van der Waals surface area contributed by atoms with Crippen molar-refractivity contribution < 1.29 is 9.59 Å². The number of fused-ring (bicyclic) bond motifs is 2. The minimum atomic E-state index is -0.419. The fourth-order valence-corrected chi connectivity index (χ4v) is 5.56. The zero-order valence-electron chi connectivity index (χ0n) is 16.6. The lowest BCUT2D eigenvalue weighted by Gasteiger charge is -2.30. The molecule has 0 aliphatic carbocycles. The Kier molecular flexibility index (Phi) is 5.17. The van der Waals surface area contributed by atoms with Gasteiger partial charge in [-0.05, 0) is 30.7 Å². The van der Waals surface area contributed by atoms with Crippen molar-refractivity contribution in [3.05, 3.63) is 67.0 Å². The van der Waals surface area contributed by atoms with Gasteiger partial charge in [0.1, 0.15) is 22.7 Å². The number of thioether (sulfide) groups is 1. The van der Waals surface area contributed by atoms with E-state index in [9.17, 15) is 9.59 Å². The molecule has 2 aromatic carbocycles. The number of benzene rings is 2. The molecule has 4 aromatic rings. The van der Waals surface area contributed by atoms with Gasteiger partial charge in [0.25, 0.3) is 0 Å². The first kappa shape index (κ1) is 19.7. The van der Waals surface area contributed by atoms with Gasteiger partial charge in [-0.25, -0.2) is 9.97 Å². The van der Waals surface area contributed by atoms with Crippen molar-refractivity contribution in [2.75, 3.05) is 16.8 Å². The molecule has 1 atom stereocenters. The number of thiophene rings is 1. The Balaban J connectivity index is 1.43. The molecule has 1 N–H and O–H groups in total. The van der Waals surface area contributed by atoms with Gasteiger partial charge in [0, 0.05) is 10.3 Å². The summed E-state index contributed by atoms with van der Waals surface area (Å²) in [5.41, 5.74) is 2.50. The summed E-state index contributed by atoms with van der Waals surface area (Å²) >= 11 is 3.00. The summed E-state index contributed by atoms with van der Waals surface area (Å²) in [5.74, 6) is -0.323. The van der Waals surface area contributed by atoms with Crippen LogP contribution in [0, 0.1) is 0 Å². The fraction of sp³-hybridized carbons (Fsp3) is 0.130. The highest BCUT2D eigenvalue weighted by atomic mass is 32.2. The van der Waals surface area contributed by atoms with E-state index in [-0.39, 0.29) is 18.4 Å². The van der Waals surface area contributed by atoms with Crippen LogP contribution < -0.4 is 10.2 Å². The summed E-state index contributed by atoms with van der Waals surface area (Å²) < 4.78 is 0. The zero-order chi connectivity index (χ0) is 21.4. The molecule has 0 unspecified atom stereocenters. The van der Waals surface area contributed by atoms with Crippen LogP contribution in [0.2, 0.25) is 0 Å². The van der Waals surface area contributed by atoms with Crippen molar-refractivity contribution in [1.82, 2.24) is 9.97 Å². The highest BCUT2D eigenvalue weighted by Gasteiger charge is 2.30. The maximum absolute atomic E-state index is 13.3. The molecule has 2 amide bonds. The average molecular weight is 447 g/mol. The van der Waals surface area contributed by atoms with Gasteiger partial charge in [0.2, 0.25) is 11.8 Å². The monoisotopic (exact) mass is 446 g/mol. The van der Waals surface area contributed by atoms with Gasteiger partial charge in [-0.1, -0.05) is 54.2 Å². The minimum absolute atomic E-state index is 0.0105. The molecule has 154 valence electrons. The van der Waals surface area contributed by atoms with E-state index in [4.69, 9.17) is 0 Å². The van der Waals surface area contributed by atoms with Crippen LogP contribution in [0.15, 0.2) is 72.0 Å². The molecule has 8 heteroatoms. The summed E-state index contributed by atoms with van der Waals surface area (Å²) in [7, 11) is 0. The lowest BCUT2D eigenvalue weighted by molar-refractivity contribution is -0.121. The van der Waals surface area contributed by atoms with Crippen LogP contribution >= 0.6 is 23.1 Å². The molecular weight excluding hydrogens is 428 g/mol. The molecule has 31 heavy (non-hydrogen) atoms. The van der Waals surface area contributed by atoms with Crippen molar-refractivity contribution >= 4 is 56.5 Å². The van der Waals surface area contributed by atoms with E-state index in [0.717, 1.165) is 25.7 Å². The number of nitrogens with one attached hydrogen (secondary N) is 1. The number of hydrogen-bond donors (Lipinski definition) is 1. The molecular formula is C23H18N4O2S2. The molecule has 6 nitrogen and oxygen atoms in total. The van der Waals surface area contributed by atoms with E-state index in [1.54, 1.807) is 22.3 Å². The standard InChI is InChI=1S/C23H18N4O2S2/c1-14(23(29)27-12-20(28)26-17-9-5-6-10-18(17)27)30-21-16-11-19(15-7-3-2-4-8-15)31-22(16)25-13-24-21/h2-11,13-14H,12H2,1H3,(H,26,28)/t14-/m0/s1. The van der Waals surface area contributed by atoms with Crippen LogP contribution in [0.3, 0.4) is 0 Å². The Bertz CT molecular complexity index is 1290. The molecule has 5 rings (SSSR count). The smallest absolute Gasteiger partial charge is 0.244 e. The molecule has 3 heterocycles. The number of rotatable bonds is 4. The summed E-state index contributed by atoms with van der Waals surface area (Å²) in [5, 5.41) is 4.10. The second-order valence-corrected chi connectivity index (χ2v) is 9.48. The van der Waals surface area contributed by atoms with Crippen LogP contribution in [0.5, 0.6) is 0 Å². The SMILES string of the molecule is C[C@H](Sc1ncnc2sc(-c3ccccc3)cc12)C(=O)N1CC(=O)Nc2ccccc21. The first-order chi connectivity index (χ1) is 15.1. The van der Waals surface area contributed by atoms with Crippen LogP contribution in [0.4, 0.5) is 11.4 Å². The highest BCUT2D eigenvalue weighted by Crippen LogP contribution is 2.38. The Morgan fingerprint density at radius 3 is 2.74 bits per heavy atom. The predicted octanol–water partition coefficient (Wildman–Crippen LogP) is 4.82. The topological polar surface area (TPSA) is 75.2 Å². The number of nitrogens with zero attached hydrogens (tertiary/aromatic N) is 3. The molecule has 0 spiro atoms. The lowest BCUT2D eigenvalue weighted by atomic mass is 10.2. The van der Waals surface area contributed by atoms with Crippen LogP contribution in [-0.4, -0.2) is 33.6 Å². The van der Waals surface area contributed by atoms with Crippen molar-refractivity contribution in [3.8, 4) is 10.4 Å². The molecule has 0 radical (unpaired) electrons. The summed E-state index contributed by atoms with van der Waals surface area (Å²) in [4.78, 5) is 37.8. The van der Waals surface area contributed by atoms with Gasteiger partial charge in [0.15, 0.2) is 0 Å². The largest absolute Gasteiger partial charge is 0.323 e. The van der Waals surface area contributed by atoms with E-state index in [0.29, 0.717) is 11.4 Å². The summed E-state index contributed by atoms with van der Waals surface area (Å²) in [6.45, 7) is 1.86. The number of hydrogen-bond acceptors (Lipinski definition) is 6. The average Bonchev–Trinajstić information content (AvgIpc) is 3.24. The number of anilines is 2. The lowest BCUT2D eigenvalue weighted by Crippen LogP contribution is -2.45. The Labute approximate surface area is 187 Å². The van der Waals surface area contributed by atoms with Crippen molar-refractivity contribution in [3.63, 3.8) is 0 Å². The molecule has 0 saturated carbocycles. The van der Waals surface area contributed by atoms with Crippen LogP contribution in [-0.2, 0) is 9.59 Å². The fourth-order valence-electron chi connectivity index (χ4n) is 3.54. The van der Waals surface area contributed by atoms with Gasteiger partial charge in [-0.2, -0.15) is 0 Å². The van der Waals surface area contributed by atoms with Crippen LogP contribution in [0.1, 0.15) is 6.92 Å². The van der Waals surface area contributed by atoms with Gasteiger partial charge in [-0.15, -0.1) is 11.3 Å². The van der Waals surface area contributed by atoms with Crippen molar-refractivity contribution in [2.24, 2.45) is 0 Å². The third kappa shape index (κ3) is 3.80. The molecule has 0 bridgehead atoms. The minimum Gasteiger partial charge on any atom is -0.323 e. The highest BCUT2D eigenvalue weighted by molar-refractivity contribution is 8.00. The summed E-state index contributed by atoms with van der Waals surface area (Å²) in [6, 6.07) is 19.6. The summed E-state index contributed by atoms with van der Waals surface area (Å²) in [6.07, 6.45) is 1.54. The van der Waals surface area contributed by atoms with Crippen molar-refractivity contribution in [2.45, 2.75) is 17.2 Å². The third-order valence-corrected chi connectivity index (χ3v) is 7.22. The van der Waals surface area contributed by atoms with Gasteiger partial charge >= 0.3 is 0 Å². The quantitative estimate of drug-likeness (QED) is 0.359. The third-order valence-electron chi connectivity index (χ3n) is 5.02. The second kappa shape index (κ2) is 8.13. The van der Waals surface area contributed by atoms with E-state index >= 15 is 0 Å². The normalized spacial score (nSPS) is 14.2. The van der Waals surface area contributed by atoms with Crippen LogP contribution in [0.25, 0.3) is 20.7 Å². The van der Waals surface area contributed by atoms with Gasteiger partial charge in [0.05, 0.1) is 16.6 Å². The first-order valence-electron chi connectivity index (χ1n) is 9.77. The molecule has 0 saturated heterocycles. The zero-order valence-corrected chi connectivity index (χ0v) is 18.2. The number of para-hydroxylation sites is 2. The van der Waals surface area contributed by atoms with Gasteiger partial charge < -0.3 is 5.32 Å². The van der Waals surface area contributed by atoms with E-state index in [1.165, 1.54) is 18.1 Å².